The van der Waals surface area contributed by atoms with Crippen molar-refractivity contribution >= 4 is 27.7 Å². The molecule has 0 saturated heterocycles. The van der Waals surface area contributed by atoms with Gasteiger partial charge in [-0.05, 0) is 24.6 Å². The van der Waals surface area contributed by atoms with Gasteiger partial charge < -0.3 is 9.88 Å². The molecule has 140 valence electrons. The second-order valence-electron chi connectivity index (χ2n) is 7.34. The van der Waals surface area contributed by atoms with Crippen molar-refractivity contribution in [1.82, 2.24) is 19.4 Å². The number of nitrogens with one attached hydrogen (secondary N) is 1. The van der Waals surface area contributed by atoms with Gasteiger partial charge in [0.1, 0.15) is 6.54 Å². The van der Waals surface area contributed by atoms with Crippen molar-refractivity contribution in [2.45, 2.75) is 26.4 Å². The lowest BCUT2D eigenvalue weighted by Crippen LogP contribution is -2.39. The predicted octanol–water partition coefficient (Wildman–Crippen LogP) is 2.77. The lowest BCUT2D eigenvalue weighted by atomic mass is 10.0. The molecule has 0 unspecified atom stereocenters. The average Bonchev–Trinajstić information content (AvgIpc) is 3.08. The number of carbonyl (C=O) groups excluding carboxylic acids is 1. The minimum atomic E-state index is -0.174. The summed E-state index contributed by atoms with van der Waals surface area (Å²) in [6, 6.07) is 13.7. The fourth-order valence-corrected chi connectivity index (χ4v) is 4.08. The number of para-hydroxylation sites is 2. The molecule has 2 aromatic heterocycles. The molecule has 0 atom stereocenters. The van der Waals surface area contributed by atoms with Gasteiger partial charge in [0.25, 0.3) is 5.56 Å². The maximum Gasteiger partial charge on any atom is 0.261 e. The highest BCUT2D eigenvalue weighted by Gasteiger charge is 2.24. The Balaban J connectivity index is 1.43. The summed E-state index contributed by atoms with van der Waals surface area (Å²) in [5, 5.41) is 1.71. The lowest BCUT2D eigenvalue weighted by molar-refractivity contribution is -0.132. The lowest BCUT2D eigenvalue weighted by Gasteiger charge is -2.27. The van der Waals surface area contributed by atoms with Crippen LogP contribution in [0.1, 0.15) is 16.8 Å². The molecule has 1 N–H and O–H groups in total. The van der Waals surface area contributed by atoms with Crippen LogP contribution in [0.5, 0.6) is 0 Å². The van der Waals surface area contributed by atoms with Crippen LogP contribution >= 0.6 is 0 Å². The van der Waals surface area contributed by atoms with E-state index in [1.807, 2.05) is 36.1 Å². The molecule has 4 aromatic rings. The molecule has 0 aliphatic carbocycles. The van der Waals surface area contributed by atoms with Gasteiger partial charge in [-0.15, -0.1) is 0 Å². The second-order valence-corrected chi connectivity index (χ2v) is 7.34. The molecule has 5 rings (SSSR count). The number of nitrogens with zero attached hydrogens (tertiary/aromatic N) is 3. The van der Waals surface area contributed by atoms with Gasteiger partial charge in [-0.3, -0.25) is 14.2 Å². The average molecular weight is 372 g/mol. The molecule has 2 aromatic carbocycles. The van der Waals surface area contributed by atoms with E-state index < -0.39 is 0 Å². The highest BCUT2D eigenvalue weighted by Crippen LogP contribution is 2.27. The zero-order valence-electron chi connectivity index (χ0n) is 15.6. The molecule has 0 saturated carbocycles. The van der Waals surface area contributed by atoms with E-state index in [0.29, 0.717) is 24.0 Å². The van der Waals surface area contributed by atoms with Gasteiger partial charge in [-0.2, -0.15) is 0 Å². The molecule has 1 aliphatic rings. The SMILES string of the molecule is Cc1cccc2c(=O)n(CC(=O)N3CCc4[nH]c5ccccc5c4C3)cnc12. The van der Waals surface area contributed by atoms with Crippen LogP contribution in [0.3, 0.4) is 0 Å². The number of aromatic nitrogens is 3. The number of carbonyl (C=O) groups is 1. The van der Waals surface area contributed by atoms with Gasteiger partial charge >= 0.3 is 0 Å². The molecule has 0 bridgehead atoms. The minimum absolute atomic E-state index is 0.00735. The third-order valence-electron chi connectivity index (χ3n) is 5.60. The van der Waals surface area contributed by atoms with E-state index in [-0.39, 0.29) is 18.0 Å². The first-order chi connectivity index (χ1) is 13.6. The molecule has 28 heavy (non-hydrogen) atoms. The van der Waals surface area contributed by atoms with Crippen molar-refractivity contribution in [3.8, 4) is 0 Å². The van der Waals surface area contributed by atoms with E-state index in [1.54, 1.807) is 6.07 Å². The number of amides is 1. The molecule has 0 radical (unpaired) electrons. The fourth-order valence-electron chi connectivity index (χ4n) is 4.08. The Morgan fingerprint density at radius 3 is 2.86 bits per heavy atom. The molecule has 1 amide bonds. The highest BCUT2D eigenvalue weighted by atomic mass is 16.2. The first-order valence-corrected chi connectivity index (χ1v) is 9.43. The Morgan fingerprint density at radius 2 is 1.96 bits per heavy atom. The Labute approximate surface area is 161 Å². The molecular weight excluding hydrogens is 352 g/mol. The molecule has 3 heterocycles. The molecule has 6 nitrogen and oxygen atoms in total. The summed E-state index contributed by atoms with van der Waals surface area (Å²) < 4.78 is 1.41. The summed E-state index contributed by atoms with van der Waals surface area (Å²) in [4.78, 5) is 35.4. The van der Waals surface area contributed by atoms with E-state index in [4.69, 9.17) is 0 Å². The largest absolute Gasteiger partial charge is 0.358 e. The van der Waals surface area contributed by atoms with Crippen LogP contribution in [-0.2, 0) is 24.3 Å². The van der Waals surface area contributed by atoms with Gasteiger partial charge in [0.05, 0.1) is 17.2 Å². The van der Waals surface area contributed by atoms with Crippen LogP contribution in [0.25, 0.3) is 21.8 Å². The van der Waals surface area contributed by atoms with Crippen molar-refractivity contribution in [3.63, 3.8) is 0 Å². The third-order valence-corrected chi connectivity index (χ3v) is 5.60. The summed E-state index contributed by atoms with van der Waals surface area (Å²) >= 11 is 0. The molecular formula is C22H20N4O2. The monoisotopic (exact) mass is 372 g/mol. The van der Waals surface area contributed by atoms with E-state index in [0.717, 1.165) is 22.9 Å². The quantitative estimate of drug-likeness (QED) is 0.588. The van der Waals surface area contributed by atoms with Crippen LogP contribution in [0.15, 0.2) is 53.6 Å². The van der Waals surface area contributed by atoms with Crippen LogP contribution in [-0.4, -0.2) is 31.9 Å². The maximum absolute atomic E-state index is 12.9. The topological polar surface area (TPSA) is 71.0 Å². The number of fused-ring (bicyclic) bond motifs is 4. The van der Waals surface area contributed by atoms with E-state index >= 15 is 0 Å². The summed E-state index contributed by atoms with van der Waals surface area (Å²) in [6.45, 7) is 3.14. The van der Waals surface area contributed by atoms with Gasteiger partial charge in [0, 0.05) is 41.7 Å². The summed E-state index contributed by atoms with van der Waals surface area (Å²) in [5.41, 5.74) is 4.95. The smallest absolute Gasteiger partial charge is 0.261 e. The number of benzene rings is 2. The summed E-state index contributed by atoms with van der Waals surface area (Å²) in [5.74, 6) is -0.0631. The zero-order valence-corrected chi connectivity index (χ0v) is 15.6. The number of rotatable bonds is 2. The number of aryl methyl sites for hydroxylation is 1. The second kappa shape index (κ2) is 6.34. The Hall–Kier alpha value is -3.41. The maximum atomic E-state index is 12.9. The fraction of sp³-hybridized carbons (Fsp3) is 0.227. The predicted molar refractivity (Wildman–Crippen MR) is 108 cm³/mol. The standard InChI is InChI=1S/C22H20N4O2/c1-14-5-4-7-16-21(14)23-13-26(22(16)28)12-20(27)25-10-9-19-17(11-25)15-6-2-3-8-18(15)24-19/h2-8,13,24H,9-12H2,1H3. The van der Waals surface area contributed by atoms with Gasteiger partial charge in [-0.25, -0.2) is 4.98 Å². The van der Waals surface area contributed by atoms with Crippen LogP contribution in [0, 0.1) is 6.92 Å². The van der Waals surface area contributed by atoms with Crippen LogP contribution in [0.2, 0.25) is 0 Å². The summed E-state index contributed by atoms with van der Waals surface area (Å²) in [7, 11) is 0. The minimum Gasteiger partial charge on any atom is -0.358 e. The number of hydrogen-bond donors (Lipinski definition) is 1. The van der Waals surface area contributed by atoms with E-state index in [1.165, 1.54) is 22.2 Å². The van der Waals surface area contributed by atoms with Crippen molar-refractivity contribution in [2.75, 3.05) is 6.54 Å². The van der Waals surface area contributed by atoms with E-state index in [9.17, 15) is 9.59 Å². The van der Waals surface area contributed by atoms with Gasteiger partial charge in [-0.1, -0.05) is 30.3 Å². The first-order valence-electron chi connectivity index (χ1n) is 9.43. The van der Waals surface area contributed by atoms with E-state index in [2.05, 4.69) is 22.1 Å². The summed E-state index contributed by atoms with van der Waals surface area (Å²) in [6.07, 6.45) is 2.27. The third kappa shape index (κ3) is 2.60. The zero-order chi connectivity index (χ0) is 19.3. The van der Waals surface area contributed by atoms with Crippen molar-refractivity contribution in [1.29, 1.82) is 0 Å². The number of H-pyrrole nitrogens is 1. The Morgan fingerprint density at radius 1 is 1.14 bits per heavy atom. The van der Waals surface area contributed by atoms with Crippen LogP contribution < -0.4 is 5.56 Å². The number of hydrogen-bond acceptors (Lipinski definition) is 3. The van der Waals surface area contributed by atoms with Crippen molar-refractivity contribution < 1.29 is 4.79 Å². The van der Waals surface area contributed by atoms with Crippen molar-refractivity contribution in [2.24, 2.45) is 0 Å². The highest BCUT2D eigenvalue weighted by molar-refractivity contribution is 5.86. The van der Waals surface area contributed by atoms with Gasteiger partial charge in [0.2, 0.25) is 5.91 Å². The number of aromatic amines is 1. The Kier molecular flexibility index (Phi) is 3.79. The molecule has 0 spiro atoms. The normalized spacial score (nSPS) is 13.8. The molecule has 0 fully saturated rings. The molecule has 1 aliphatic heterocycles. The Bertz CT molecular complexity index is 1280. The van der Waals surface area contributed by atoms with Crippen molar-refractivity contribution in [3.05, 3.63) is 76.0 Å². The molecule has 6 heteroatoms. The van der Waals surface area contributed by atoms with Gasteiger partial charge in [0.15, 0.2) is 0 Å². The van der Waals surface area contributed by atoms with Crippen LogP contribution in [0.4, 0.5) is 0 Å². The first kappa shape index (κ1) is 16.7.